The van der Waals surface area contributed by atoms with E-state index in [1.54, 1.807) is 7.11 Å². The molecule has 24 heavy (non-hydrogen) atoms. The van der Waals surface area contributed by atoms with Crippen LogP contribution in [-0.2, 0) is 0 Å². The monoisotopic (exact) mass is 319 g/mol. The fourth-order valence-electron chi connectivity index (χ4n) is 2.55. The minimum absolute atomic E-state index is 0.805. The topological polar surface area (TPSA) is 37.7 Å². The van der Waals surface area contributed by atoms with Gasteiger partial charge in [-0.25, -0.2) is 0 Å². The van der Waals surface area contributed by atoms with Gasteiger partial charge in [0.05, 0.1) is 18.3 Å². The Balaban J connectivity index is 1.99. The van der Waals surface area contributed by atoms with Crippen molar-refractivity contribution in [2.75, 3.05) is 26.1 Å². The van der Waals surface area contributed by atoms with Crippen molar-refractivity contribution in [3.63, 3.8) is 0 Å². The molecular formula is C20H21N3O. The second kappa shape index (κ2) is 6.71. The summed E-state index contributed by atoms with van der Waals surface area (Å²) in [7, 11) is 5.72. The van der Waals surface area contributed by atoms with Crippen LogP contribution in [0.25, 0.3) is 10.9 Å². The number of hydrogen-bond donors (Lipinski definition) is 0. The van der Waals surface area contributed by atoms with Gasteiger partial charge in [0.2, 0.25) is 0 Å². The molecule has 122 valence electrons. The molecule has 1 aromatic heterocycles. The van der Waals surface area contributed by atoms with Crippen molar-refractivity contribution in [3.8, 4) is 5.75 Å². The Hall–Kier alpha value is -2.88. The highest BCUT2D eigenvalue weighted by Crippen LogP contribution is 2.29. The number of methoxy groups -OCH3 is 1. The number of anilines is 1. The van der Waals surface area contributed by atoms with E-state index in [1.807, 2.05) is 51.5 Å². The molecule has 4 heteroatoms. The number of aromatic nitrogens is 1. The second-order valence-corrected chi connectivity index (χ2v) is 5.91. The lowest BCUT2D eigenvalue weighted by molar-refractivity contribution is 0.415. The molecule has 0 saturated heterocycles. The number of aliphatic imine (C=N–C) groups is 1. The predicted molar refractivity (Wildman–Crippen MR) is 101 cm³/mol. The maximum absolute atomic E-state index is 5.32. The van der Waals surface area contributed by atoms with Gasteiger partial charge >= 0.3 is 0 Å². The molecule has 3 aromatic rings. The first-order valence-electron chi connectivity index (χ1n) is 7.83. The molecule has 0 bridgehead atoms. The molecule has 0 aliphatic heterocycles. The molecule has 0 fully saturated rings. The zero-order valence-electron chi connectivity index (χ0n) is 14.4. The third-order valence-corrected chi connectivity index (χ3v) is 3.88. The Labute approximate surface area is 142 Å². The van der Waals surface area contributed by atoms with E-state index in [4.69, 9.17) is 4.74 Å². The lowest BCUT2D eigenvalue weighted by Gasteiger charge is -2.11. The lowest BCUT2D eigenvalue weighted by Crippen LogP contribution is -2.08. The largest absolute Gasteiger partial charge is 0.497 e. The molecule has 0 radical (unpaired) electrons. The molecule has 0 aliphatic rings. The van der Waals surface area contributed by atoms with E-state index in [2.05, 4.69) is 39.1 Å². The van der Waals surface area contributed by atoms with Gasteiger partial charge in [0.15, 0.2) is 0 Å². The number of aryl methyl sites for hydroxylation is 1. The van der Waals surface area contributed by atoms with E-state index in [9.17, 15) is 0 Å². The molecule has 0 N–H and O–H groups in total. The van der Waals surface area contributed by atoms with Crippen LogP contribution in [0.2, 0.25) is 0 Å². The van der Waals surface area contributed by atoms with Crippen LogP contribution in [0, 0.1) is 6.92 Å². The van der Waals surface area contributed by atoms with Gasteiger partial charge in [-0.2, -0.15) is 0 Å². The Bertz CT molecular complexity index is 883. The van der Waals surface area contributed by atoms with Crippen LogP contribution < -0.4 is 9.64 Å². The number of hydrogen-bond acceptors (Lipinski definition) is 4. The van der Waals surface area contributed by atoms with Crippen molar-refractivity contribution in [2.45, 2.75) is 6.92 Å². The highest BCUT2D eigenvalue weighted by Gasteiger charge is 2.05. The Morgan fingerprint density at radius 3 is 2.46 bits per heavy atom. The van der Waals surface area contributed by atoms with E-state index in [0.29, 0.717) is 0 Å². The molecule has 0 saturated carbocycles. The molecule has 3 rings (SSSR count). The quantitative estimate of drug-likeness (QED) is 0.670. The van der Waals surface area contributed by atoms with Crippen molar-refractivity contribution in [2.24, 2.45) is 4.99 Å². The summed E-state index contributed by atoms with van der Waals surface area (Å²) in [5.74, 6) is 0.805. The minimum atomic E-state index is 0.805. The van der Waals surface area contributed by atoms with Gasteiger partial charge in [-0.05, 0) is 48.9 Å². The first kappa shape index (κ1) is 16.0. The average molecular weight is 319 g/mol. The van der Waals surface area contributed by atoms with Crippen molar-refractivity contribution in [3.05, 3.63) is 59.8 Å². The molecule has 0 atom stereocenters. The van der Waals surface area contributed by atoms with Crippen molar-refractivity contribution >= 4 is 28.5 Å². The Morgan fingerprint density at radius 1 is 1.04 bits per heavy atom. The van der Waals surface area contributed by atoms with Crippen LogP contribution in [0.4, 0.5) is 11.4 Å². The van der Waals surface area contributed by atoms with Crippen LogP contribution in [0.5, 0.6) is 5.75 Å². The van der Waals surface area contributed by atoms with Gasteiger partial charge < -0.3 is 9.64 Å². The fourth-order valence-corrected chi connectivity index (χ4v) is 2.55. The zero-order chi connectivity index (χ0) is 17.1. The highest BCUT2D eigenvalue weighted by atomic mass is 16.5. The number of pyridine rings is 1. The van der Waals surface area contributed by atoms with Crippen molar-refractivity contribution in [1.29, 1.82) is 0 Å². The van der Waals surface area contributed by atoms with Crippen LogP contribution >= 0.6 is 0 Å². The SMILES string of the molecule is COc1ccc2nc(C)cc(N=Cc3ccc(N(C)C)cc3)c2c1. The highest BCUT2D eigenvalue weighted by molar-refractivity contribution is 5.94. The first-order chi connectivity index (χ1) is 11.6. The summed E-state index contributed by atoms with van der Waals surface area (Å²) in [6.07, 6.45) is 1.88. The number of nitrogens with zero attached hydrogens (tertiary/aromatic N) is 3. The molecule has 0 spiro atoms. The van der Waals surface area contributed by atoms with E-state index >= 15 is 0 Å². The van der Waals surface area contributed by atoms with Crippen molar-refractivity contribution < 1.29 is 4.74 Å². The van der Waals surface area contributed by atoms with Gasteiger partial charge in [0.1, 0.15) is 5.75 Å². The van der Waals surface area contributed by atoms with Crippen LogP contribution in [0.1, 0.15) is 11.3 Å². The smallest absolute Gasteiger partial charge is 0.119 e. The molecule has 1 heterocycles. The Kier molecular flexibility index (Phi) is 4.47. The van der Waals surface area contributed by atoms with E-state index < -0.39 is 0 Å². The van der Waals surface area contributed by atoms with Gasteiger partial charge in [-0.15, -0.1) is 0 Å². The summed E-state index contributed by atoms with van der Waals surface area (Å²) in [6, 6.07) is 16.1. The van der Waals surface area contributed by atoms with Crippen LogP contribution in [-0.4, -0.2) is 32.4 Å². The van der Waals surface area contributed by atoms with Gasteiger partial charge in [0.25, 0.3) is 0 Å². The van der Waals surface area contributed by atoms with Crippen LogP contribution in [0.3, 0.4) is 0 Å². The summed E-state index contributed by atoms with van der Waals surface area (Å²) in [5, 5.41) is 0.987. The molecule has 0 aliphatic carbocycles. The lowest BCUT2D eigenvalue weighted by atomic mass is 10.1. The fraction of sp³-hybridized carbons (Fsp3) is 0.200. The van der Waals surface area contributed by atoms with Gasteiger partial charge in [0, 0.05) is 37.1 Å². The number of fused-ring (bicyclic) bond motifs is 1. The minimum Gasteiger partial charge on any atom is -0.497 e. The zero-order valence-corrected chi connectivity index (χ0v) is 14.4. The summed E-state index contributed by atoms with van der Waals surface area (Å²) < 4.78 is 5.32. The normalized spacial score (nSPS) is 11.2. The predicted octanol–water partition coefficient (Wildman–Crippen LogP) is 4.37. The number of benzene rings is 2. The average Bonchev–Trinajstić information content (AvgIpc) is 2.59. The molecule has 0 unspecified atom stereocenters. The Morgan fingerprint density at radius 2 is 1.79 bits per heavy atom. The summed E-state index contributed by atoms with van der Waals surface area (Å²) in [5.41, 5.74) is 5.00. The summed E-state index contributed by atoms with van der Waals surface area (Å²) in [4.78, 5) is 11.3. The number of ether oxygens (including phenoxy) is 1. The molecular weight excluding hydrogens is 298 g/mol. The molecule has 0 amide bonds. The first-order valence-corrected chi connectivity index (χ1v) is 7.83. The summed E-state index contributed by atoms with van der Waals surface area (Å²) in [6.45, 7) is 1.98. The summed E-state index contributed by atoms with van der Waals surface area (Å²) >= 11 is 0. The van der Waals surface area contributed by atoms with E-state index in [1.165, 1.54) is 5.69 Å². The van der Waals surface area contributed by atoms with Gasteiger partial charge in [-0.3, -0.25) is 9.98 Å². The second-order valence-electron chi connectivity index (χ2n) is 5.91. The third-order valence-electron chi connectivity index (χ3n) is 3.88. The van der Waals surface area contributed by atoms with Crippen molar-refractivity contribution in [1.82, 2.24) is 4.98 Å². The van der Waals surface area contributed by atoms with Gasteiger partial charge in [-0.1, -0.05) is 12.1 Å². The molecule has 4 nitrogen and oxygen atoms in total. The standard InChI is InChI=1S/C20H21N3O/c1-14-11-20(18-12-17(24-4)9-10-19(18)22-14)21-13-15-5-7-16(8-6-15)23(2)3/h5-13H,1-4H3. The third kappa shape index (κ3) is 3.38. The number of rotatable bonds is 4. The van der Waals surface area contributed by atoms with E-state index in [-0.39, 0.29) is 0 Å². The van der Waals surface area contributed by atoms with Crippen LogP contribution in [0.15, 0.2) is 53.5 Å². The molecule has 2 aromatic carbocycles. The maximum Gasteiger partial charge on any atom is 0.119 e. The maximum atomic E-state index is 5.32. The van der Waals surface area contributed by atoms with E-state index in [0.717, 1.165) is 33.6 Å².